The zero-order valence-electron chi connectivity index (χ0n) is 11.5. The highest BCUT2D eigenvalue weighted by Gasteiger charge is 2.16. The molecule has 2 N–H and O–H groups in total. The molecule has 110 valence electrons. The van der Waals surface area contributed by atoms with Crippen LogP contribution in [0, 0.1) is 0 Å². The molecule has 0 atom stereocenters. The summed E-state index contributed by atoms with van der Waals surface area (Å²) in [5, 5.41) is 6.24. The van der Waals surface area contributed by atoms with E-state index in [0.717, 1.165) is 39.0 Å². The van der Waals surface area contributed by atoms with Gasteiger partial charge in [0.15, 0.2) is 0 Å². The van der Waals surface area contributed by atoms with Gasteiger partial charge in [0.2, 0.25) is 0 Å². The van der Waals surface area contributed by atoms with E-state index in [-0.39, 0.29) is 6.03 Å². The standard InChI is InChI=1S/C13H25N3O3/c17-13(16-7-10-18-11-8-16)15-4-1-9-19-12-2-5-14-6-3-12/h12,14H,1-11H2,(H,15,17). The summed E-state index contributed by atoms with van der Waals surface area (Å²) in [4.78, 5) is 13.6. The van der Waals surface area contributed by atoms with E-state index in [1.165, 1.54) is 0 Å². The van der Waals surface area contributed by atoms with Crippen LogP contribution in [0.1, 0.15) is 19.3 Å². The van der Waals surface area contributed by atoms with E-state index in [1.54, 1.807) is 4.90 Å². The molecule has 2 aliphatic rings. The van der Waals surface area contributed by atoms with Crippen LogP contribution in [-0.2, 0) is 9.47 Å². The van der Waals surface area contributed by atoms with Gasteiger partial charge >= 0.3 is 6.03 Å². The lowest BCUT2D eigenvalue weighted by Crippen LogP contribution is -2.46. The molecule has 0 aliphatic carbocycles. The second-order valence-electron chi connectivity index (χ2n) is 5.01. The molecule has 0 aromatic heterocycles. The van der Waals surface area contributed by atoms with Gasteiger partial charge in [0, 0.05) is 26.2 Å². The van der Waals surface area contributed by atoms with Gasteiger partial charge in [0.25, 0.3) is 0 Å². The molecule has 2 rings (SSSR count). The Bertz CT molecular complexity index is 264. The molecule has 19 heavy (non-hydrogen) atoms. The zero-order chi connectivity index (χ0) is 13.3. The molecular weight excluding hydrogens is 246 g/mol. The summed E-state index contributed by atoms with van der Waals surface area (Å²) < 4.78 is 11.0. The normalized spacial score (nSPS) is 21.4. The zero-order valence-corrected chi connectivity index (χ0v) is 11.5. The number of amides is 2. The van der Waals surface area contributed by atoms with Crippen molar-refractivity contribution >= 4 is 6.03 Å². The molecule has 2 heterocycles. The van der Waals surface area contributed by atoms with Crippen molar-refractivity contribution in [3.8, 4) is 0 Å². The number of urea groups is 1. The molecule has 2 amide bonds. The van der Waals surface area contributed by atoms with Crippen LogP contribution in [-0.4, -0.2) is 69.6 Å². The minimum Gasteiger partial charge on any atom is -0.378 e. The number of ether oxygens (including phenoxy) is 2. The third kappa shape index (κ3) is 5.34. The second-order valence-corrected chi connectivity index (χ2v) is 5.01. The van der Waals surface area contributed by atoms with Crippen molar-refractivity contribution in [3.05, 3.63) is 0 Å². The SMILES string of the molecule is O=C(NCCCOC1CCNCC1)N1CCOCC1. The highest BCUT2D eigenvalue weighted by Crippen LogP contribution is 2.07. The van der Waals surface area contributed by atoms with Gasteiger partial charge in [-0.1, -0.05) is 0 Å². The quantitative estimate of drug-likeness (QED) is 0.701. The average Bonchev–Trinajstić information content (AvgIpc) is 2.49. The van der Waals surface area contributed by atoms with Gasteiger partial charge in [0.05, 0.1) is 19.3 Å². The fourth-order valence-electron chi connectivity index (χ4n) is 2.36. The number of hydrogen-bond donors (Lipinski definition) is 2. The van der Waals surface area contributed by atoms with Crippen LogP contribution < -0.4 is 10.6 Å². The van der Waals surface area contributed by atoms with Gasteiger partial charge in [-0.05, 0) is 32.4 Å². The highest BCUT2D eigenvalue weighted by molar-refractivity contribution is 5.74. The summed E-state index contributed by atoms with van der Waals surface area (Å²) >= 11 is 0. The molecule has 0 spiro atoms. The number of carbonyl (C=O) groups is 1. The predicted molar refractivity (Wildman–Crippen MR) is 72.3 cm³/mol. The molecule has 6 heteroatoms. The van der Waals surface area contributed by atoms with Crippen molar-refractivity contribution in [1.82, 2.24) is 15.5 Å². The highest BCUT2D eigenvalue weighted by atomic mass is 16.5. The second kappa shape index (κ2) is 8.35. The molecule has 0 aromatic carbocycles. The molecule has 0 radical (unpaired) electrons. The summed E-state index contributed by atoms with van der Waals surface area (Å²) in [7, 11) is 0. The Morgan fingerprint density at radius 1 is 1.32 bits per heavy atom. The van der Waals surface area contributed by atoms with Gasteiger partial charge in [0.1, 0.15) is 0 Å². The van der Waals surface area contributed by atoms with Crippen molar-refractivity contribution in [2.45, 2.75) is 25.4 Å². The van der Waals surface area contributed by atoms with Crippen LogP contribution in [0.4, 0.5) is 4.79 Å². The third-order valence-corrected chi connectivity index (χ3v) is 3.54. The van der Waals surface area contributed by atoms with E-state index >= 15 is 0 Å². The van der Waals surface area contributed by atoms with E-state index in [1.807, 2.05) is 0 Å². The molecule has 0 saturated carbocycles. The predicted octanol–water partition coefficient (Wildman–Crippen LogP) is 0.187. The third-order valence-electron chi connectivity index (χ3n) is 3.54. The van der Waals surface area contributed by atoms with Crippen LogP contribution in [0.5, 0.6) is 0 Å². The van der Waals surface area contributed by atoms with Gasteiger partial charge in [-0.2, -0.15) is 0 Å². The van der Waals surface area contributed by atoms with E-state index in [0.29, 0.717) is 39.0 Å². The minimum atomic E-state index is 0.0187. The van der Waals surface area contributed by atoms with Crippen LogP contribution in [0.25, 0.3) is 0 Å². The minimum absolute atomic E-state index is 0.0187. The first-order chi connectivity index (χ1) is 9.36. The average molecular weight is 271 g/mol. The number of rotatable bonds is 5. The summed E-state index contributed by atoms with van der Waals surface area (Å²) in [6.07, 6.45) is 3.47. The van der Waals surface area contributed by atoms with E-state index in [9.17, 15) is 4.79 Å². The summed E-state index contributed by atoms with van der Waals surface area (Å²) in [5.74, 6) is 0. The molecule has 2 aliphatic heterocycles. The topological polar surface area (TPSA) is 62.8 Å². The Labute approximate surface area is 114 Å². The first-order valence-electron chi connectivity index (χ1n) is 7.29. The van der Waals surface area contributed by atoms with Crippen molar-refractivity contribution in [2.75, 3.05) is 52.5 Å². The summed E-state index contributed by atoms with van der Waals surface area (Å²) in [5.41, 5.74) is 0. The number of hydrogen-bond acceptors (Lipinski definition) is 4. The van der Waals surface area contributed by atoms with Gasteiger partial charge < -0.3 is 25.0 Å². The van der Waals surface area contributed by atoms with Crippen LogP contribution in [0.2, 0.25) is 0 Å². The lowest BCUT2D eigenvalue weighted by Gasteiger charge is -2.27. The fourth-order valence-corrected chi connectivity index (χ4v) is 2.36. The Morgan fingerprint density at radius 3 is 2.79 bits per heavy atom. The molecule has 2 saturated heterocycles. The van der Waals surface area contributed by atoms with Crippen LogP contribution in [0.3, 0.4) is 0 Å². The molecule has 0 unspecified atom stereocenters. The van der Waals surface area contributed by atoms with Crippen LogP contribution in [0.15, 0.2) is 0 Å². The fraction of sp³-hybridized carbons (Fsp3) is 0.923. The van der Waals surface area contributed by atoms with Gasteiger partial charge in [-0.3, -0.25) is 0 Å². The van der Waals surface area contributed by atoms with Crippen molar-refractivity contribution in [1.29, 1.82) is 0 Å². The molecule has 0 aromatic rings. The van der Waals surface area contributed by atoms with Crippen molar-refractivity contribution in [3.63, 3.8) is 0 Å². The Kier molecular flexibility index (Phi) is 6.39. The maximum atomic E-state index is 11.8. The largest absolute Gasteiger partial charge is 0.378 e. The first kappa shape index (κ1) is 14.6. The Morgan fingerprint density at radius 2 is 2.05 bits per heavy atom. The van der Waals surface area contributed by atoms with Gasteiger partial charge in [-0.15, -0.1) is 0 Å². The number of nitrogens with one attached hydrogen (secondary N) is 2. The van der Waals surface area contributed by atoms with Crippen LogP contribution >= 0.6 is 0 Å². The molecule has 6 nitrogen and oxygen atoms in total. The monoisotopic (exact) mass is 271 g/mol. The number of nitrogens with zero attached hydrogens (tertiary/aromatic N) is 1. The van der Waals surface area contributed by atoms with E-state index in [2.05, 4.69) is 10.6 Å². The maximum Gasteiger partial charge on any atom is 0.317 e. The number of morpholine rings is 1. The molecular formula is C13H25N3O3. The number of carbonyl (C=O) groups excluding carboxylic acids is 1. The summed E-state index contributed by atoms with van der Waals surface area (Å²) in [6, 6.07) is 0.0187. The van der Waals surface area contributed by atoms with Gasteiger partial charge in [-0.25, -0.2) is 4.79 Å². The Balaban J connectivity index is 1.47. The Hall–Kier alpha value is -0.850. The first-order valence-corrected chi connectivity index (χ1v) is 7.29. The van der Waals surface area contributed by atoms with Crippen molar-refractivity contribution in [2.24, 2.45) is 0 Å². The van der Waals surface area contributed by atoms with Crippen molar-refractivity contribution < 1.29 is 14.3 Å². The summed E-state index contributed by atoms with van der Waals surface area (Å²) in [6.45, 7) is 6.19. The number of piperidine rings is 1. The lowest BCUT2D eigenvalue weighted by molar-refractivity contribution is 0.0313. The molecule has 2 fully saturated rings. The smallest absolute Gasteiger partial charge is 0.317 e. The molecule has 0 bridgehead atoms. The van der Waals surface area contributed by atoms with E-state index in [4.69, 9.17) is 9.47 Å². The van der Waals surface area contributed by atoms with E-state index < -0.39 is 0 Å². The maximum absolute atomic E-state index is 11.8. The lowest BCUT2D eigenvalue weighted by atomic mass is 10.1.